The molecule has 1 fully saturated rings. The fraction of sp³-hybridized carbons (Fsp3) is 0.933. The minimum Gasteiger partial charge on any atom is -0.342 e. The van der Waals surface area contributed by atoms with Gasteiger partial charge >= 0.3 is 0 Å². The lowest BCUT2D eigenvalue weighted by atomic mass is 9.96. The molecule has 19 heavy (non-hydrogen) atoms. The predicted octanol–water partition coefficient (Wildman–Crippen LogP) is 1.56. The summed E-state index contributed by atoms with van der Waals surface area (Å²) in [6, 6.07) is -0.0518. The molecule has 0 saturated carbocycles. The molecular weight excluding hydrogens is 238 g/mol. The van der Waals surface area contributed by atoms with Gasteiger partial charge in [0.25, 0.3) is 0 Å². The first-order chi connectivity index (χ1) is 9.12. The second kappa shape index (κ2) is 8.54. The van der Waals surface area contributed by atoms with Gasteiger partial charge in [0.05, 0.1) is 6.04 Å². The van der Waals surface area contributed by atoms with Crippen LogP contribution in [0.5, 0.6) is 0 Å². The largest absolute Gasteiger partial charge is 0.342 e. The third-order valence-electron chi connectivity index (χ3n) is 4.31. The van der Waals surface area contributed by atoms with Crippen LogP contribution in [0.1, 0.15) is 40.5 Å². The van der Waals surface area contributed by atoms with Crippen molar-refractivity contribution in [2.45, 2.75) is 46.6 Å². The lowest BCUT2D eigenvalue weighted by Crippen LogP contribution is -2.47. The van der Waals surface area contributed by atoms with Crippen LogP contribution in [0.2, 0.25) is 0 Å². The van der Waals surface area contributed by atoms with Gasteiger partial charge in [-0.3, -0.25) is 4.79 Å². The van der Waals surface area contributed by atoms with E-state index < -0.39 is 0 Å². The van der Waals surface area contributed by atoms with E-state index in [-0.39, 0.29) is 11.9 Å². The fourth-order valence-corrected chi connectivity index (χ4v) is 2.75. The molecule has 4 nitrogen and oxygen atoms in total. The van der Waals surface area contributed by atoms with Crippen molar-refractivity contribution >= 4 is 5.91 Å². The Morgan fingerprint density at radius 3 is 2.32 bits per heavy atom. The number of hydrogen-bond donors (Lipinski definition) is 1. The van der Waals surface area contributed by atoms with Crippen LogP contribution in [0.3, 0.4) is 0 Å². The number of likely N-dealkylation sites (tertiary alicyclic amines) is 1. The quantitative estimate of drug-likeness (QED) is 0.762. The number of nitrogens with one attached hydrogen (secondary N) is 1. The molecule has 0 aromatic rings. The monoisotopic (exact) mass is 269 g/mol. The molecule has 0 aliphatic carbocycles. The summed E-state index contributed by atoms with van der Waals surface area (Å²) in [5, 5.41) is 3.42. The third-order valence-corrected chi connectivity index (χ3v) is 4.31. The van der Waals surface area contributed by atoms with E-state index >= 15 is 0 Å². The Labute approximate surface area is 118 Å². The molecule has 1 atom stereocenters. The van der Waals surface area contributed by atoms with Gasteiger partial charge < -0.3 is 15.1 Å². The van der Waals surface area contributed by atoms with Gasteiger partial charge in [-0.25, -0.2) is 0 Å². The highest BCUT2D eigenvalue weighted by molar-refractivity contribution is 5.81. The average molecular weight is 269 g/mol. The smallest absolute Gasteiger partial charge is 0.239 e. The summed E-state index contributed by atoms with van der Waals surface area (Å²) in [6.45, 7) is 14.5. The van der Waals surface area contributed by atoms with Gasteiger partial charge in [0.1, 0.15) is 0 Å². The predicted molar refractivity (Wildman–Crippen MR) is 80.2 cm³/mol. The summed E-state index contributed by atoms with van der Waals surface area (Å²) in [4.78, 5) is 16.5. The van der Waals surface area contributed by atoms with E-state index in [2.05, 4.69) is 17.1 Å². The Balaban J connectivity index is 2.26. The molecule has 1 amide bonds. The van der Waals surface area contributed by atoms with Crippen molar-refractivity contribution in [3.05, 3.63) is 0 Å². The second-order valence-electron chi connectivity index (χ2n) is 5.52. The zero-order chi connectivity index (χ0) is 14.3. The number of piperidine rings is 1. The maximum atomic E-state index is 12.1. The molecule has 112 valence electrons. The van der Waals surface area contributed by atoms with E-state index in [0.717, 1.165) is 32.1 Å². The molecule has 4 heteroatoms. The van der Waals surface area contributed by atoms with Gasteiger partial charge in [-0.1, -0.05) is 6.92 Å². The highest BCUT2D eigenvalue weighted by Gasteiger charge is 2.21. The van der Waals surface area contributed by atoms with Crippen LogP contribution < -0.4 is 5.32 Å². The molecule has 1 rings (SSSR count). The highest BCUT2D eigenvalue weighted by atomic mass is 16.2. The lowest BCUT2D eigenvalue weighted by molar-refractivity contribution is -0.132. The summed E-state index contributed by atoms with van der Waals surface area (Å²) in [5.74, 6) is 0.964. The number of hydrogen-bond acceptors (Lipinski definition) is 3. The topological polar surface area (TPSA) is 35.6 Å². The van der Waals surface area contributed by atoms with Crippen LogP contribution in [0.15, 0.2) is 0 Å². The van der Waals surface area contributed by atoms with Gasteiger partial charge in [0.2, 0.25) is 5.91 Å². The Morgan fingerprint density at radius 1 is 1.26 bits per heavy atom. The van der Waals surface area contributed by atoms with Crippen molar-refractivity contribution in [1.29, 1.82) is 0 Å². The molecule has 1 aliphatic heterocycles. The first-order valence-corrected chi connectivity index (χ1v) is 7.86. The Kier molecular flexibility index (Phi) is 7.39. The van der Waals surface area contributed by atoms with Gasteiger partial charge in [0.15, 0.2) is 0 Å². The van der Waals surface area contributed by atoms with Crippen LogP contribution in [0.4, 0.5) is 0 Å². The standard InChI is InChI=1S/C15H31N3O/c1-5-17-10-8-14(9-11-17)12-16-13(4)15(19)18(6-2)7-3/h13-14,16H,5-12H2,1-4H3. The number of carbonyl (C=O) groups is 1. The van der Waals surface area contributed by atoms with Crippen molar-refractivity contribution in [2.24, 2.45) is 5.92 Å². The van der Waals surface area contributed by atoms with Gasteiger partial charge in [-0.2, -0.15) is 0 Å². The summed E-state index contributed by atoms with van der Waals surface area (Å²) in [5.41, 5.74) is 0. The molecule has 0 aromatic heterocycles. The molecule has 1 N–H and O–H groups in total. The highest BCUT2D eigenvalue weighted by Crippen LogP contribution is 2.16. The van der Waals surface area contributed by atoms with Gasteiger partial charge in [-0.05, 0) is 65.7 Å². The zero-order valence-electron chi connectivity index (χ0n) is 13.1. The number of nitrogens with zero attached hydrogens (tertiary/aromatic N) is 2. The van der Waals surface area contributed by atoms with Crippen molar-refractivity contribution in [1.82, 2.24) is 15.1 Å². The molecule has 0 spiro atoms. The van der Waals surface area contributed by atoms with E-state index in [4.69, 9.17) is 0 Å². The minimum atomic E-state index is -0.0518. The Bertz CT molecular complexity index is 258. The van der Waals surface area contributed by atoms with Gasteiger partial charge in [0, 0.05) is 13.1 Å². The van der Waals surface area contributed by atoms with Crippen molar-refractivity contribution < 1.29 is 4.79 Å². The number of rotatable bonds is 7. The van der Waals surface area contributed by atoms with Crippen molar-refractivity contribution in [2.75, 3.05) is 39.3 Å². The molecule has 1 saturated heterocycles. The molecule has 0 bridgehead atoms. The van der Waals surface area contributed by atoms with Crippen molar-refractivity contribution in [3.63, 3.8) is 0 Å². The number of amides is 1. The van der Waals surface area contributed by atoms with Crippen LogP contribution in [0.25, 0.3) is 0 Å². The summed E-state index contributed by atoms with van der Waals surface area (Å²) < 4.78 is 0. The summed E-state index contributed by atoms with van der Waals surface area (Å²) in [6.07, 6.45) is 2.51. The van der Waals surface area contributed by atoms with Crippen LogP contribution in [-0.2, 0) is 4.79 Å². The SMILES string of the molecule is CCN1CCC(CNC(C)C(=O)N(CC)CC)CC1. The molecule has 1 unspecified atom stereocenters. The van der Waals surface area contributed by atoms with E-state index in [1.54, 1.807) is 0 Å². The van der Waals surface area contributed by atoms with E-state index in [0.29, 0.717) is 0 Å². The third kappa shape index (κ3) is 5.11. The zero-order valence-corrected chi connectivity index (χ0v) is 13.1. The maximum Gasteiger partial charge on any atom is 0.239 e. The molecule has 0 aromatic carbocycles. The maximum absolute atomic E-state index is 12.1. The first kappa shape index (κ1) is 16.4. The first-order valence-electron chi connectivity index (χ1n) is 7.86. The summed E-state index contributed by atoms with van der Waals surface area (Å²) >= 11 is 0. The average Bonchev–Trinajstić information content (AvgIpc) is 2.46. The van der Waals surface area contributed by atoms with Crippen LogP contribution in [0, 0.1) is 5.92 Å². The Morgan fingerprint density at radius 2 is 1.84 bits per heavy atom. The normalized spacial score (nSPS) is 19.4. The molecule has 1 heterocycles. The molecule has 0 radical (unpaired) electrons. The fourth-order valence-electron chi connectivity index (χ4n) is 2.75. The van der Waals surface area contributed by atoms with E-state index in [9.17, 15) is 4.79 Å². The lowest BCUT2D eigenvalue weighted by Gasteiger charge is -2.32. The molecular formula is C15H31N3O. The van der Waals surface area contributed by atoms with Gasteiger partial charge in [-0.15, -0.1) is 0 Å². The molecule has 1 aliphatic rings. The van der Waals surface area contributed by atoms with Crippen LogP contribution in [-0.4, -0.2) is 61.0 Å². The number of likely N-dealkylation sites (N-methyl/N-ethyl adjacent to an activating group) is 1. The van der Waals surface area contributed by atoms with E-state index in [1.165, 1.54) is 25.9 Å². The summed E-state index contributed by atoms with van der Waals surface area (Å²) in [7, 11) is 0. The number of carbonyl (C=O) groups excluding carboxylic acids is 1. The van der Waals surface area contributed by atoms with Crippen molar-refractivity contribution in [3.8, 4) is 0 Å². The Hall–Kier alpha value is -0.610. The van der Waals surface area contributed by atoms with E-state index in [1.807, 2.05) is 25.7 Å². The minimum absolute atomic E-state index is 0.0518. The second-order valence-corrected chi connectivity index (χ2v) is 5.52. The van der Waals surface area contributed by atoms with Crippen LogP contribution >= 0.6 is 0 Å².